The number of carbonyl (C=O) groups excluding carboxylic acids is 1. The molecule has 0 saturated carbocycles. The molecule has 126 valence electrons. The third-order valence-corrected chi connectivity index (χ3v) is 5.03. The normalized spacial score (nSPS) is 20.7. The number of nitrogens with two attached hydrogens (primary N) is 1. The van der Waals surface area contributed by atoms with Crippen LogP contribution >= 0.6 is 0 Å². The van der Waals surface area contributed by atoms with Gasteiger partial charge in [-0.3, -0.25) is 9.69 Å². The minimum Gasteiger partial charge on any atom is -0.369 e. The molecule has 1 aromatic carbocycles. The summed E-state index contributed by atoms with van der Waals surface area (Å²) in [6, 6.07) is 10.8. The molecule has 2 heterocycles. The number of piperidine rings is 1. The summed E-state index contributed by atoms with van der Waals surface area (Å²) in [7, 11) is 0. The number of anilines is 1. The minimum absolute atomic E-state index is 0.283. The van der Waals surface area contributed by atoms with Gasteiger partial charge in [0.15, 0.2) is 0 Å². The number of carbonyl (C=O) groups is 1. The molecule has 0 unspecified atom stereocenters. The Morgan fingerprint density at radius 1 is 1.00 bits per heavy atom. The zero-order valence-corrected chi connectivity index (χ0v) is 13.9. The van der Waals surface area contributed by atoms with E-state index in [2.05, 4.69) is 40.1 Å². The first-order chi connectivity index (χ1) is 11.2. The van der Waals surface area contributed by atoms with Crippen LogP contribution in [-0.2, 0) is 4.79 Å². The van der Waals surface area contributed by atoms with Crippen molar-refractivity contribution in [1.29, 1.82) is 0 Å². The summed E-state index contributed by atoms with van der Waals surface area (Å²) in [6.45, 7) is 6.70. The van der Waals surface area contributed by atoms with Gasteiger partial charge < -0.3 is 15.5 Å². The topological polar surface area (TPSA) is 52.8 Å². The first kappa shape index (κ1) is 16.3. The van der Waals surface area contributed by atoms with Crippen LogP contribution < -0.4 is 10.6 Å². The molecular formula is C18H28N4O. The SMILES string of the molecule is NC1CCN(C(=O)CCN2CCN(c3ccccc3)CC2)CC1. The van der Waals surface area contributed by atoms with E-state index in [0.29, 0.717) is 12.3 Å². The quantitative estimate of drug-likeness (QED) is 0.905. The van der Waals surface area contributed by atoms with Crippen molar-refractivity contribution >= 4 is 11.6 Å². The smallest absolute Gasteiger partial charge is 0.223 e. The first-order valence-electron chi connectivity index (χ1n) is 8.78. The first-order valence-corrected chi connectivity index (χ1v) is 8.78. The second kappa shape index (κ2) is 7.79. The summed E-state index contributed by atoms with van der Waals surface area (Å²) in [6.07, 6.45) is 2.53. The van der Waals surface area contributed by atoms with Crippen LogP contribution in [0.3, 0.4) is 0 Å². The number of amides is 1. The lowest BCUT2D eigenvalue weighted by Gasteiger charge is -2.36. The highest BCUT2D eigenvalue weighted by atomic mass is 16.2. The predicted molar refractivity (Wildman–Crippen MR) is 93.5 cm³/mol. The van der Waals surface area contributed by atoms with Crippen LogP contribution in [0.5, 0.6) is 0 Å². The van der Waals surface area contributed by atoms with Crippen molar-refractivity contribution in [2.75, 3.05) is 50.7 Å². The molecule has 0 aromatic heterocycles. The van der Waals surface area contributed by atoms with Gasteiger partial charge in [-0.2, -0.15) is 0 Å². The fraction of sp³-hybridized carbons (Fsp3) is 0.611. The second-order valence-corrected chi connectivity index (χ2v) is 6.63. The molecule has 2 aliphatic rings. The Kier molecular flexibility index (Phi) is 5.51. The minimum atomic E-state index is 0.283. The van der Waals surface area contributed by atoms with E-state index in [0.717, 1.165) is 58.7 Å². The highest BCUT2D eigenvalue weighted by Crippen LogP contribution is 2.16. The van der Waals surface area contributed by atoms with E-state index >= 15 is 0 Å². The molecule has 2 aliphatic heterocycles. The molecule has 5 heteroatoms. The van der Waals surface area contributed by atoms with E-state index in [1.165, 1.54) is 5.69 Å². The van der Waals surface area contributed by atoms with E-state index in [4.69, 9.17) is 5.73 Å². The molecule has 0 radical (unpaired) electrons. The van der Waals surface area contributed by atoms with Crippen LogP contribution in [0, 0.1) is 0 Å². The Morgan fingerprint density at radius 2 is 1.65 bits per heavy atom. The largest absolute Gasteiger partial charge is 0.369 e. The van der Waals surface area contributed by atoms with Crippen LogP contribution in [0.4, 0.5) is 5.69 Å². The Labute approximate surface area is 139 Å². The van der Waals surface area contributed by atoms with Crippen LogP contribution in [0.15, 0.2) is 30.3 Å². The molecule has 23 heavy (non-hydrogen) atoms. The maximum atomic E-state index is 12.3. The molecule has 1 aromatic rings. The Balaban J connectivity index is 1.38. The second-order valence-electron chi connectivity index (χ2n) is 6.63. The van der Waals surface area contributed by atoms with E-state index in [1.54, 1.807) is 0 Å². The van der Waals surface area contributed by atoms with Gasteiger partial charge in [-0.15, -0.1) is 0 Å². The van der Waals surface area contributed by atoms with Gasteiger partial charge in [0, 0.05) is 64.0 Å². The summed E-state index contributed by atoms with van der Waals surface area (Å²) in [4.78, 5) is 19.1. The van der Waals surface area contributed by atoms with Crippen LogP contribution in [-0.4, -0.2) is 67.6 Å². The lowest BCUT2D eigenvalue weighted by Crippen LogP contribution is -2.48. The van der Waals surface area contributed by atoms with Crippen molar-refractivity contribution in [3.05, 3.63) is 30.3 Å². The number of likely N-dealkylation sites (tertiary alicyclic amines) is 1. The van der Waals surface area contributed by atoms with Gasteiger partial charge >= 0.3 is 0 Å². The molecule has 5 nitrogen and oxygen atoms in total. The van der Waals surface area contributed by atoms with E-state index in [9.17, 15) is 4.79 Å². The van der Waals surface area contributed by atoms with Crippen molar-refractivity contribution in [2.24, 2.45) is 5.73 Å². The zero-order chi connectivity index (χ0) is 16.1. The predicted octanol–water partition coefficient (Wildman–Crippen LogP) is 1.15. The van der Waals surface area contributed by atoms with Crippen LogP contribution in [0.25, 0.3) is 0 Å². The fourth-order valence-corrected chi connectivity index (χ4v) is 3.43. The third-order valence-electron chi connectivity index (χ3n) is 5.03. The Morgan fingerprint density at radius 3 is 2.30 bits per heavy atom. The van der Waals surface area contributed by atoms with Crippen molar-refractivity contribution in [3.63, 3.8) is 0 Å². The van der Waals surface area contributed by atoms with E-state index < -0.39 is 0 Å². The molecule has 2 saturated heterocycles. The Bertz CT molecular complexity index is 491. The molecule has 0 atom stereocenters. The van der Waals surface area contributed by atoms with Gasteiger partial charge in [-0.05, 0) is 25.0 Å². The average Bonchev–Trinajstić information content (AvgIpc) is 2.61. The monoisotopic (exact) mass is 316 g/mol. The molecule has 2 N–H and O–H groups in total. The van der Waals surface area contributed by atoms with E-state index in [1.807, 2.05) is 4.90 Å². The molecule has 0 aliphatic carbocycles. The fourth-order valence-electron chi connectivity index (χ4n) is 3.43. The van der Waals surface area contributed by atoms with E-state index in [-0.39, 0.29) is 6.04 Å². The zero-order valence-electron chi connectivity index (χ0n) is 13.9. The Hall–Kier alpha value is -1.59. The summed E-state index contributed by atoms with van der Waals surface area (Å²) in [5.41, 5.74) is 7.20. The van der Waals surface area contributed by atoms with Gasteiger partial charge in [-0.25, -0.2) is 0 Å². The molecule has 2 fully saturated rings. The van der Waals surface area contributed by atoms with Gasteiger partial charge in [-0.1, -0.05) is 18.2 Å². The van der Waals surface area contributed by atoms with Crippen molar-refractivity contribution < 1.29 is 4.79 Å². The molecule has 0 spiro atoms. The standard InChI is InChI=1S/C18H28N4O/c19-16-6-10-22(11-7-16)18(23)8-9-20-12-14-21(15-13-20)17-4-2-1-3-5-17/h1-5,16H,6-15,19H2. The summed E-state index contributed by atoms with van der Waals surface area (Å²) < 4.78 is 0. The number of rotatable bonds is 4. The van der Waals surface area contributed by atoms with Gasteiger partial charge in [0.2, 0.25) is 5.91 Å². The number of hydrogen-bond donors (Lipinski definition) is 1. The maximum Gasteiger partial charge on any atom is 0.223 e. The number of piperazine rings is 1. The lowest BCUT2D eigenvalue weighted by atomic mass is 10.1. The lowest BCUT2D eigenvalue weighted by molar-refractivity contribution is -0.132. The van der Waals surface area contributed by atoms with Crippen LogP contribution in [0.2, 0.25) is 0 Å². The van der Waals surface area contributed by atoms with Crippen molar-refractivity contribution in [2.45, 2.75) is 25.3 Å². The highest BCUT2D eigenvalue weighted by molar-refractivity contribution is 5.76. The molecule has 1 amide bonds. The summed E-state index contributed by atoms with van der Waals surface area (Å²) in [5.74, 6) is 0.294. The number of benzene rings is 1. The van der Waals surface area contributed by atoms with Gasteiger partial charge in [0.25, 0.3) is 0 Å². The number of para-hydroxylation sites is 1. The van der Waals surface area contributed by atoms with Crippen molar-refractivity contribution in [3.8, 4) is 0 Å². The van der Waals surface area contributed by atoms with Gasteiger partial charge in [0.1, 0.15) is 0 Å². The highest BCUT2D eigenvalue weighted by Gasteiger charge is 2.22. The summed E-state index contributed by atoms with van der Waals surface area (Å²) >= 11 is 0. The number of nitrogens with zero attached hydrogens (tertiary/aromatic N) is 3. The molecule has 0 bridgehead atoms. The van der Waals surface area contributed by atoms with Crippen LogP contribution in [0.1, 0.15) is 19.3 Å². The number of hydrogen-bond acceptors (Lipinski definition) is 4. The van der Waals surface area contributed by atoms with Crippen molar-refractivity contribution in [1.82, 2.24) is 9.80 Å². The van der Waals surface area contributed by atoms with Gasteiger partial charge in [0.05, 0.1) is 0 Å². The third kappa shape index (κ3) is 4.45. The average molecular weight is 316 g/mol. The molecular weight excluding hydrogens is 288 g/mol. The molecule has 3 rings (SSSR count). The summed E-state index contributed by atoms with van der Waals surface area (Å²) in [5, 5.41) is 0. The maximum absolute atomic E-state index is 12.3.